The van der Waals surface area contributed by atoms with Crippen molar-refractivity contribution < 1.29 is 19.5 Å². The smallest absolute Gasteiger partial charge is 0.303 e. The lowest BCUT2D eigenvalue weighted by Gasteiger charge is -2.05. The van der Waals surface area contributed by atoms with E-state index in [4.69, 9.17) is 5.11 Å². The van der Waals surface area contributed by atoms with Crippen LogP contribution < -0.4 is 0 Å². The number of benzene rings is 1. The lowest BCUT2D eigenvalue weighted by atomic mass is 9.98. The van der Waals surface area contributed by atoms with E-state index in [2.05, 4.69) is 0 Å². The van der Waals surface area contributed by atoms with Gasteiger partial charge in [-0.05, 0) is 19.4 Å². The van der Waals surface area contributed by atoms with Crippen LogP contribution in [0.4, 0.5) is 0 Å². The van der Waals surface area contributed by atoms with Gasteiger partial charge in [0, 0.05) is 12.0 Å². The number of ketones is 2. The van der Waals surface area contributed by atoms with Crippen LogP contribution in [0.5, 0.6) is 0 Å². The highest BCUT2D eigenvalue weighted by Gasteiger charge is 2.14. The molecule has 0 heterocycles. The zero-order valence-electron chi connectivity index (χ0n) is 10.5. The van der Waals surface area contributed by atoms with Crippen LogP contribution in [-0.4, -0.2) is 22.6 Å². The van der Waals surface area contributed by atoms with Crippen molar-refractivity contribution in [2.24, 2.45) is 0 Å². The average molecular weight is 248 g/mol. The molecule has 1 N–H and O–H groups in total. The Kier molecular flexibility index (Phi) is 4.77. The predicted molar refractivity (Wildman–Crippen MR) is 66.7 cm³/mol. The van der Waals surface area contributed by atoms with Gasteiger partial charge >= 0.3 is 5.97 Å². The summed E-state index contributed by atoms with van der Waals surface area (Å²) >= 11 is 0. The van der Waals surface area contributed by atoms with Crippen LogP contribution in [0.2, 0.25) is 0 Å². The van der Waals surface area contributed by atoms with Gasteiger partial charge in [0.2, 0.25) is 0 Å². The summed E-state index contributed by atoms with van der Waals surface area (Å²) in [5, 5.41) is 8.45. The normalized spacial score (nSPS) is 10.1. The molecule has 1 aromatic carbocycles. The molecule has 0 radical (unpaired) electrons. The Morgan fingerprint density at radius 1 is 1.11 bits per heavy atom. The summed E-state index contributed by atoms with van der Waals surface area (Å²) in [4.78, 5) is 33.6. The molecule has 4 nitrogen and oxygen atoms in total. The average Bonchev–Trinajstić information content (AvgIpc) is 2.26. The molecule has 0 aliphatic carbocycles. The van der Waals surface area contributed by atoms with E-state index in [0.29, 0.717) is 5.56 Å². The number of carboxylic acid groups (broad SMARTS) is 1. The van der Waals surface area contributed by atoms with E-state index in [0.717, 1.165) is 11.1 Å². The molecule has 0 fully saturated rings. The van der Waals surface area contributed by atoms with Crippen molar-refractivity contribution >= 4 is 17.5 Å². The van der Waals surface area contributed by atoms with Gasteiger partial charge in [0.05, 0.1) is 12.8 Å². The Labute approximate surface area is 106 Å². The van der Waals surface area contributed by atoms with Crippen LogP contribution in [0.1, 0.15) is 40.7 Å². The summed E-state index contributed by atoms with van der Waals surface area (Å²) in [5.74, 6) is -1.60. The first-order chi connectivity index (χ1) is 8.40. The largest absolute Gasteiger partial charge is 0.481 e. The van der Waals surface area contributed by atoms with E-state index in [1.165, 1.54) is 0 Å². The Hall–Kier alpha value is -1.97. The summed E-state index contributed by atoms with van der Waals surface area (Å²) < 4.78 is 0. The van der Waals surface area contributed by atoms with Gasteiger partial charge in [-0.1, -0.05) is 23.8 Å². The van der Waals surface area contributed by atoms with Crippen molar-refractivity contribution in [1.82, 2.24) is 0 Å². The monoisotopic (exact) mass is 248 g/mol. The summed E-state index contributed by atoms with van der Waals surface area (Å²) in [6, 6.07) is 5.41. The molecule has 1 rings (SSSR count). The number of hydrogen-bond donors (Lipinski definition) is 1. The molecular weight excluding hydrogens is 232 g/mol. The molecular formula is C14H16O4. The molecule has 18 heavy (non-hydrogen) atoms. The van der Waals surface area contributed by atoms with Crippen LogP contribution in [0.3, 0.4) is 0 Å². The van der Waals surface area contributed by atoms with Crippen molar-refractivity contribution in [2.75, 3.05) is 0 Å². The number of rotatable bonds is 6. The molecule has 0 aliphatic rings. The molecule has 96 valence electrons. The number of carbonyl (C=O) groups is 3. The van der Waals surface area contributed by atoms with Crippen LogP contribution in [0, 0.1) is 13.8 Å². The number of aliphatic carboxylic acids is 1. The Balaban J connectivity index is 2.65. The topological polar surface area (TPSA) is 71.4 Å². The van der Waals surface area contributed by atoms with Gasteiger partial charge in [-0.2, -0.15) is 0 Å². The van der Waals surface area contributed by atoms with Gasteiger partial charge < -0.3 is 5.11 Å². The Bertz CT molecular complexity index is 489. The summed E-state index contributed by atoms with van der Waals surface area (Å²) in [6.07, 6.45) is -0.540. The van der Waals surface area contributed by atoms with Gasteiger partial charge in [-0.25, -0.2) is 0 Å². The third-order valence-electron chi connectivity index (χ3n) is 2.66. The molecule has 0 saturated carbocycles. The fraction of sp³-hybridized carbons (Fsp3) is 0.357. The molecule has 0 aromatic heterocycles. The quantitative estimate of drug-likeness (QED) is 0.619. The third kappa shape index (κ3) is 4.13. The van der Waals surface area contributed by atoms with Gasteiger partial charge in [0.25, 0.3) is 0 Å². The molecule has 0 bridgehead atoms. The SMILES string of the molecule is Cc1ccc(C(=O)CC(=O)CCC(=O)O)c(C)c1. The maximum atomic E-state index is 11.9. The Morgan fingerprint density at radius 3 is 2.33 bits per heavy atom. The molecule has 0 spiro atoms. The van der Waals surface area contributed by atoms with Crippen molar-refractivity contribution in [3.63, 3.8) is 0 Å². The minimum absolute atomic E-state index is 0.0913. The Morgan fingerprint density at radius 2 is 1.78 bits per heavy atom. The number of hydrogen-bond acceptors (Lipinski definition) is 3. The second-order valence-electron chi connectivity index (χ2n) is 4.35. The number of carboxylic acids is 1. The van der Waals surface area contributed by atoms with Gasteiger partial charge in [-0.15, -0.1) is 0 Å². The fourth-order valence-electron chi connectivity index (χ4n) is 1.74. The highest BCUT2D eigenvalue weighted by molar-refractivity contribution is 6.09. The minimum atomic E-state index is -1.03. The summed E-state index contributed by atoms with van der Waals surface area (Å²) in [6.45, 7) is 3.75. The fourth-order valence-corrected chi connectivity index (χ4v) is 1.74. The van der Waals surface area contributed by atoms with E-state index in [9.17, 15) is 14.4 Å². The van der Waals surface area contributed by atoms with E-state index < -0.39 is 5.97 Å². The molecule has 0 atom stereocenters. The summed E-state index contributed by atoms with van der Waals surface area (Å²) in [5.41, 5.74) is 2.43. The second-order valence-corrected chi connectivity index (χ2v) is 4.35. The minimum Gasteiger partial charge on any atom is -0.481 e. The number of aryl methyl sites for hydroxylation is 2. The maximum absolute atomic E-state index is 11.9. The predicted octanol–water partition coefficient (Wildman–Crippen LogP) is 2.31. The lowest BCUT2D eigenvalue weighted by Crippen LogP contribution is -2.11. The van der Waals surface area contributed by atoms with Crippen molar-refractivity contribution in [1.29, 1.82) is 0 Å². The van der Waals surface area contributed by atoms with E-state index in [1.807, 2.05) is 26.0 Å². The first-order valence-corrected chi connectivity index (χ1v) is 5.74. The highest BCUT2D eigenvalue weighted by atomic mass is 16.4. The van der Waals surface area contributed by atoms with Crippen molar-refractivity contribution in [3.8, 4) is 0 Å². The highest BCUT2D eigenvalue weighted by Crippen LogP contribution is 2.13. The van der Waals surface area contributed by atoms with E-state index >= 15 is 0 Å². The van der Waals surface area contributed by atoms with Crippen LogP contribution in [0.25, 0.3) is 0 Å². The molecule has 1 aromatic rings. The third-order valence-corrected chi connectivity index (χ3v) is 2.66. The summed E-state index contributed by atoms with van der Waals surface area (Å²) in [7, 11) is 0. The van der Waals surface area contributed by atoms with Crippen LogP contribution >= 0.6 is 0 Å². The number of Topliss-reactive ketones (excluding diaryl/α,β-unsaturated/α-hetero) is 2. The second kappa shape index (κ2) is 6.10. The van der Waals surface area contributed by atoms with Gasteiger partial charge in [0.15, 0.2) is 5.78 Å². The maximum Gasteiger partial charge on any atom is 0.303 e. The van der Waals surface area contributed by atoms with Gasteiger partial charge in [-0.3, -0.25) is 14.4 Å². The standard InChI is InChI=1S/C14H16O4/c1-9-3-5-12(10(2)7-9)13(16)8-11(15)4-6-14(17)18/h3,5,7H,4,6,8H2,1-2H3,(H,17,18). The van der Waals surface area contributed by atoms with E-state index in [1.54, 1.807) is 6.07 Å². The van der Waals surface area contributed by atoms with Crippen molar-refractivity contribution in [2.45, 2.75) is 33.1 Å². The zero-order chi connectivity index (χ0) is 13.7. The molecule has 0 unspecified atom stereocenters. The molecule has 0 aliphatic heterocycles. The van der Waals surface area contributed by atoms with Crippen LogP contribution in [-0.2, 0) is 9.59 Å². The molecule has 4 heteroatoms. The first kappa shape index (κ1) is 14.1. The molecule has 0 amide bonds. The molecule has 0 saturated heterocycles. The van der Waals surface area contributed by atoms with E-state index in [-0.39, 0.29) is 30.8 Å². The van der Waals surface area contributed by atoms with Crippen LogP contribution in [0.15, 0.2) is 18.2 Å². The van der Waals surface area contributed by atoms with Gasteiger partial charge in [0.1, 0.15) is 5.78 Å². The number of carbonyl (C=O) groups excluding carboxylic acids is 2. The first-order valence-electron chi connectivity index (χ1n) is 5.74. The zero-order valence-corrected chi connectivity index (χ0v) is 10.5. The lowest BCUT2D eigenvalue weighted by molar-refractivity contribution is -0.138. The van der Waals surface area contributed by atoms with Crippen molar-refractivity contribution in [3.05, 3.63) is 34.9 Å².